The maximum Gasteiger partial charge on any atom is 0.125 e. The highest BCUT2D eigenvalue weighted by atomic mass is 16.5. The molecule has 0 aromatic heterocycles. The highest BCUT2D eigenvalue weighted by molar-refractivity contribution is 5.66. The lowest BCUT2D eigenvalue weighted by Gasteiger charge is -2.57. The summed E-state index contributed by atoms with van der Waals surface area (Å²) in [6.07, 6.45) is 6.05. The van der Waals surface area contributed by atoms with Crippen molar-refractivity contribution >= 4 is 5.76 Å². The van der Waals surface area contributed by atoms with Gasteiger partial charge in [-0.15, -0.1) is 0 Å². The molecular formula is C20H26O3. The molecule has 3 nitrogen and oxygen atoms in total. The average Bonchev–Trinajstić information content (AvgIpc) is 2.50. The minimum absolute atomic E-state index is 0.117. The molecule has 4 aliphatic rings. The predicted octanol–water partition coefficient (Wildman–Crippen LogP) is 4.36. The van der Waals surface area contributed by atoms with E-state index < -0.39 is 0 Å². The zero-order valence-corrected chi connectivity index (χ0v) is 14.0. The summed E-state index contributed by atoms with van der Waals surface area (Å²) in [7, 11) is 1.76. The number of benzene rings is 1. The van der Waals surface area contributed by atoms with Crippen molar-refractivity contribution < 1.29 is 14.6 Å². The molecule has 1 aromatic carbocycles. The topological polar surface area (TPSA) is 38.7 Å². The van der Waals surface area contributed by atoms with Crippen LogP contribution in [0.4, 0.5) is 0 Å². The van der Waals surface area contributed by atoms with Crippen LogP contribution in [0.5, 0.6) is 5.75 Å². The minimum Gasteiger partial charge on any atom is -0.508 e. The summed E-state index contributed by atoms with van der Waals surface area (Å²) in [5, 5.41) is 9.82. The summed E-state index contributed by atoms with van der Waals surface area (Å²) in [5.74, 6) is 3.24. The van der Waals surface area contributed by atoms with Gasteiger partial charge >= 0.3 is 0 Å². The van der Waals surface area contributed by atoms with E-state index in [-0.39, 0.29) is 5.60 Å². The van der Waals surface area contributed by atoms with E-state index in [0.717, 1.165) is 36.7 Å². The summed E-state index contributed by atoms with van der Waals surface area (Å²) in [6.45, 7) is 2.93. The van der Waals surface area contributed by atoms with Crippen LogP contribution in [0.3, 0.4) is 0 Å². The van der Waals surface area contributed by atoms with Gasteiger partial charge in [0, 0.05) is 12.2 Å². The van der Waals surface area contributed by atoms with Gasteiger partial charge in [0.2, 0.25) is 0 Å². The normalized spacial score (nSPS) is 34.7. The summed E-state index contributed by atoms with van der Waals surface area (Å²) in [4.78, 5) is 0. The van der Waals surface area contributed by atoms with E-state index in [1.807, 2.05) is 18.2 Å². The van der Waals surface area contributed by atoms with Gasteiger partial charge in [-0.3, -0.25) is 0 Å². The SMILES string of the molecule is CCOC12CC3CC(C1)C(=C(OC)c1cccc(O)c1)C(C3)C2. The van der Waals surface area contributed by atoms with Gasteiger partial charge < -0.3 is 14.6 Å². The van der Waals surface area contributed by atoms with Crippen LogP contribution in [-0.2, 0) is 9.47 Å². The number of ether oxygens (including phenoxy) is 2. The van der Waals surface area contributed by atoms with Crippen molar-refractivity contribution in [2.24, 2.45) is 17.8 Å². The van der Waals surface area contributed by atoms with Gasteiger partial charge in [0.25, 0.3) is 0 Å². The lowest BCUT2D eigenvalue weighted by Crippen LogP contribution is -2.53. The highest BCUT2D eigenvalue weighted by Gasteiger charge is 2.54. The molecule has 124 valence electrons. The Morgan fingerprint density at radius 1 is 1.22 bits per heavy atom. The third-order valence-corrected chi connectivity index (χ3v) is 6.04. The van der Waals surface area contributed by atoms with Crippen LogP contribution in [0.1, 0.15) is 44.6 Å². The molecule has 4 aliphatic carbocycles. The third-order valence-electron chi connectivity index (χ3n) is 6.04. The highest BCUT2D eigenvalue weighted by Crippen LogP contribution is 2.60. The van der Waals surface area contributed by atoms with E-state index in [4.69, 9.17) is 9.47 Å². The molecule has 4 fully saturated rings. The minimum atomic E-state index is 0.117. The van der Waals surface area contributed by atoms with Crippen LogP contribution in [0.15, 0.2) is 29.8 Å². The van der Waals surface area contributed by atoms with E-state index in [1.165, 1.54) is 24.8 Å². The van der Waals surface area contributed by atoms with E-state index in [2.05, 4.69) is 6.92 Å². The number of phenols is 1. The molecule has 1 aromatic rings. The first-order valence-corrected chi connectivity index (χ1v) is 8.85. The van der Waals surface area contributed by atoms with Crippen LogP contribution in [0.25, 0.3) is 5.76 Å². The Hall–Kier alpha value is -1.48. The smallest absolute Gasteiger partial charge is 0.125 e. The Bertz CT molecular complexity index is 616. The molecule has 0 amide bonds. The monoisotopic (exact) mass is 314 g/mol. The Kier molecular flexibility index (Phi) is 3.64. The van der Waals surface area contributed by atoms with Crippen molar-refractivity contribution in [1.29, 1.82) is 0 Å². The zero-order valence-electron chi connectivity index (χ0n) is 14.0. The number of phenolic OH excluding ortho intramolecular Hbond substituents is 1. The molecule has 0 heterocycles. The van der Waals surface area contributed by atoms with Crippen LogP contribution >= 0.6 is 0 Å². The number of hydrogen-bond acceptors (Lipinski definition) is 3. The molecule has 0 aliphatic heterocycles. The quantitative estimate of drug-likeness (QED) is 0.839. The molecular weight excluding hydrogens is 288 g/mol. The summed E-state index contributed by atoms with van der Waals surface area (Å²) in [5.41, 5.74) is 2.59. The molecule has 0 spiro atoms. The zero-order chi connectivity index (χ0) is 16.0. The van der Waals surface area contributed by atoms with Gasteiger partial charge in [0.15, 0.2) is 0 Å². The van der Waals surface area contributed by atoms with Gasteiger partial charge in [-0.05, 0) is 74.5 Å². The molecule has 5 rings (SSSR count). The van der Waals surface area contributed by atoms with Crippen molar-refractivity contribution in [3.05, 3.63) is 35.4 Å². The van der Waals surface area contributed by atoms with E-state index in [9.17, 15) is 5.11 Å². The van der Waals surface area contributed by atoms with Gasteiger partial charge in [-0.25, -0.2) is 0 Å². The van der Waals surface area contributed by atoms with Crippen molar-refractivity contribution in [1.82, 2.24) is 0 Å². The summed E-state index contributed by atoms with van der Waals surface area (Å²) < 4.78 is 12.1. The third kappa shape index (κ3) is 2.46. The molecule has 2 atom stereocenters. The number of aromatic hydroxyl groups is 1. The van der Waals surface area contributed by atoms with Crippen LogP contribution < -0.4 is 0 Å². The van der Waals surface area contributed by atoms with Crippen LogP contribution in [-0.4, -0.2) is 24.4 Å². The number of hydrogen-bond donors (Lipinski definition) is 1. The molecule has 2 unspecified atom stereocenters. The Labute approximate surface area is 138 Å². The standard InChI is InChI=1S/C20H26O3/c1-3-23-20-10-13-7-15(11-20)18(16(8-13)12-20)19(22-2)14-5-4-6-17(21)9-14/h4-6,9,13,15-16,21H,3,7-8,10-12H2,1-2H3. The average molecular weight is 314 g/mol. The Balaban J connectivity index is 1.74. The van der Waals surface area contributed by atoms with E-state index >= 15 is 0 Å². The summed E-state index contributed by atoms with van der Waals surface area (Å²) >= 11 is 0. The lowest BCUT2D eigenvalue weighted by atomic mass is 9.52. The fraction of sp³-hybridized carbons (Fsp3) is 0.600. The number of rotatable bonds is 4. The van der Waals surface area contributed by atoms with Gasteiger partial charge in [-0.1, -0.05) is 12.1 Å². The molecule has 0 saturated heterocycles. The maximum atomic E-state index is 9.82. The molecule has 0 radical (unpaired) electrons. The molecule has 3 heteroatoms. The first-order valence-electron chi connectivity index (χ1n) is 8.85. The summed E-state index contributed by atoms with van der Waals surface area (Å²) in [6, 6.07) is 7.45. The van der Waals surface area contributed by atoms with E-state index in [0.29, 0.717) is 17.6 Å². The number of methoxy groups -OCH3 is 1. The molecule has 4 bridgehead atoms. The molecule has 4 saturated carbocycles. The van der Waals surface area contributed by atoms with Crippen LogP contribution in [0.2, 0.25) is 0 Å². The van der Waals surface area contributed by atoms with Gasteiger partial charge in [0.05, 0.1) is 12.7 Å². The van der Waals surface area contributed by atoms with Crippen molar-refractivity contribution in [3.63, 3.8) is 0 Å². The first kappa shape index (κ1) is 15.1. The second kappa shape index (κ2) is 5.55. The molecule has 23 heavy (non-hydrogen) atoms. The second-order valence-electron chi connectivity index (χ2n) is 7.50. The first-order chi connectivity index (χ1) is 11.1. The van der Waals surface area contributed by atoms with Gasteiger partial charge in [0.1, 0.15) is 11.5 Å². The fourth-order valence-corrected chi connectivity index (χ4v) is 5.62. The van der Waals surface area contributed by atoms with Crippen LogP contribution in [0, 0.1) is 17.8 Å². The Morgan fingerprint density at radius 2 is 1.96 bits per heavy atom. The molecule has 1 N–H and O–H groups in total. The Morgan fingerprint density at radius 3 is 2.57 bits per heavy atom. The lowest BCUT2D eigenvalue weighted by molar-refractivity contribution is -0.141. The fourth-order valence-electron chi connectivity index (χ4n) is 5.62. The van der Waals surface area contributed by atoms with Crippen molar-refractivity contribution in [2.45, 2.75) is 44.6 Å². The van der Waals surface area contributed by atoms with Crippen molar-refractivity contribution in [3.8, 4) is 5.75 Å². The number of allylic oxidation sites excluding steroid dienone is 1. The largest absolute Gasteiger partial charge is 0.508 e. The van der Waals surface area contributed by atoms with Gasteiger partial charge in [-0.2, -0.15) is 0 Å². The predicted molar refractivity (Wildman–Crippen MR) is 89.9 cm³/mol. The van der Waals surface area contributed by atoms with E-state index in [1.54, 1.807) is 13.2 Å². The second-order valence-corrected chi connectivity index (χ2v) is 7.50. The maximum absolute atomic E-state index is 9.82. The van der Waals surface area contributed by atoms with Crippen molar-refractivity contribution in [2.75, 3.05) is 13.7 Å².